The van der Waals surface area contributed by atoms with Gasteiger partial charge in [0.1, 0.15) is 11.5 Å². The van der Waals surface area contributed by atoms with Crippen molar-refractivity contribution in [1.82, 2.24) is 0 Å². The normalized spacial score (nSPS) is 10.2. The third-order valence-corrected chi connectivity index (χ3v) is 4.63. The maximum absolute atomic E-state index is 12.4. The molecule has 8 nitrogen and oxygen atoms in total. The van der Waals surface area contributed by atoms with E-state index in [9.17, 15) is 9.59 Å². The van der Waals surface area contributed by atoms with Crippen LogP contribution in [0.25, 0.3) is 0 Å². The predicted octanol–water partition coefficient (Wildman–Crippen LogP) is 4.61. The van der Waals surface area contributed by atoms with Gasteiger partial charge in [-0.2, -0.15) is 0 Å². The first kappa shape index (κ1) is 23.5. The Labute approximate surface area is 192 Å². The van der Waals surface area contributed by atoms with Crippen LogP contribution in [0.5, 0.6) is 28.7 Å². The van der Waals surface area contributed by atoms with Gasteiger partial charge in [0, 0.05) is 5.69 Å². The molecule has 0 radical (unpaired) electrons. The summed E-state index contributed by atoms with van der Waals surface area (Å²) >= 11 is 0. The second-order valence-corrected chi connectivity index (χ2v) is 6.98. The zero-order valence-electron chi connectivity index (χ0n) is 18.8. The molecule has 8 heteroatoms. The Hall–Kier alpha value is -4.20. The SMILES string of the molecule is COc1cc(C(=O)OCC(=O)Nc2ccc(Oc3ccc(C)cc3)cc2)cc(OC)c1OC. The molecule has 3 aromatic carbocycles. The van der Waals surface area contributed by atoms with Crippen molar-refractivity contribution >= 4 is 17.6 Å². The number of carbonyl (C=O) groups is 2. The van der Waals surface area contributed by atoms with Crippen LogP contribution < -0.4 is 24.3 Å². The van der Waals surface area contributed by atoms with Crippen molar-refractivity contribution in [2.75, 3.05) is 33.3 Å². The molecule has 0 aliphatic rings. The second-order valence-electron chi connectivity index (χ2n) is 6.98. The highest BCUT2D eigenvalue weighted by atomic mass is 16.5. The van der Waals surface area contributed by atoms with Crippen molar-refractivity contribution in [3.63, 3.8) is 0 Å². The molecular weight excluding hydrogens is 426 g/mol. The number of aryl methyl sites for hydroxylation is 1. The van der Waals surface area contributed by atoms with Crippen molar-refractivity contribution in [1.29, 1.82) is 0 Å². The highest BCUT2D eigenvalue weighted by Gasteiger charge is 2.18. The molecule has 172 valence electrons. The van der Waals surface area contributed by atoms with Gasteiger partial charge in [0.15, 0.2) is 18.1 Å². The lowest BCUT2D eigenvalue weighted by Crippen LogP contribution is -2.21. The molecule has 0 aliphatic heterocycles. The number of rotatable bonds is 9. The molecule has 3 rings (SSSR count). The molecule has 3 aromatic rings. The van der Waals surface area contributed by atoms with E-state index in [0.29, 0.717) is 28.7 Å². The van der Waals surface area contributed by atoms with E-state index < -0.39 is 18.5 Å². The van der Waals surface area contributed by atoms with Gasteiger partial charge in [-0.05, 0) is 55.5 Å². The number of amides is 1. The van der Waals surface area contributed by atoms with Crippen LogP contribution >= 0.6 is 0 Å². The van der Waals surface area contributed by atoms with Crippen LogP contribution in [0.2, 0.25) is 0 Å². The lowest BCUT2D eigenvalue weighted by atomic mass is 10.2. The van der Waals surface area contributed by atoms with Crippen molar-refractivity contribution in [3.8, 4) is 28.7 Å². The minimum absolute atomic E-state index is 0.162. The van der Waals surface area contributed by atoms with Crippen LogP contribution in [0.3, 0.4) is 0 Å². The van der Waals surface area contributed by atoms with Crippen LogP contribution in [0.4, 0.5) is 5.69 Å². The lowest BCUT2D eigenvalue weighted by Gasteiger charge is -2.13. The summed E-state index contributed by atoms with van der Waals surface area (Å²) in [6, 6.07) is 17.5. The van der Waals surface area contributed by atoms with E-state index >= 15 is 0 Å². The minimum Gasteiger partial charge on any atom is -0.493 e. The van der Waals surface area contributed by atoms with E-state index in [0.717, 1.165) is 11.3 Å². The molecule has 0 saturated heterocycles. The Morgan fingerprint density at radius 1 is 0.788 bits per heavy atom. The maximum Gasteiger partial charge on any atom is 0.338 e. The molecule has 0 saturated carbocycles. The number of methoxy groups -OCH3 is 3. The van der Waals surface area contributed by atoms with Crippen molar-refractivity contribution < 1.29 is 33.3 Å². The van der Waals surface area contributed by atoms with E-state index in [4.69, 9.17) is 23.7 Å². The average molecular weight is 451 g/mol. The molecule has 0 bridgehead atoms. The van der Waals surface area contributed by atoms with Gasteiger partial charge in [-0.15, -0.1) is 0 Å². The Morgan fingerprint density at radius 3 is 1.85 bits per heavy atom. The number of anilines is 1. The highest BCUT2D eigenvalue weighted by molar-refractivity contribution is 5.96. The summed E-state index contributed by atoms with van der Waals surface area (Å²) in [5.41, 5.74) is 1.85. The lowest BCUT2D eigenvalue weighted by molar-refractivity contribution is -0.119. The van der Waals surface area contributed by atoms with E-state index in [-0.39, 0.29) is 5.56 Å². The van der Waals surface area contributed by atoms with Gasteiger partial charge < -0.3 is 29.0 Å². The smallest absolute Gasteiger partial charge is 0.338 e. The predicted molar refractivity (Wildman–Crippen MR) is 123 cm³/mol. The summed E-state index contributed by atoms with van der Waals surface area (Å²) in [6.45, 7) is 1.54. The Bertz CT molecular complexity index is 1080. The molecule has 0 heterocycles. The van der Waals surface area contributed by atoms with Gasteiger partial charge in [-0.1, -0.05) is 17.7 Å². The quantitative estimate of drug-likeness (QED) is 0.475. The molecule has 0 aromatic heterocycles. The Balaban J connectivity index is 1.55. The monoisotopic (exact) mass is 451 g/mol. The number of carbonyl (C=O) groups excluding carboxylic acids is 2. The largest absolute Gasteiger partial charge is 0.493 e. The van der Waals surface area contributed by atoms with Gasteiger partial charge in [-0.3, -0.25) is 4.79 Å². The summed E-state index contributed by atoms with van der Waals surface area (Å²) < 4.78 is 26.6. The fourth-order valence-electron chi connectivity index (χ4n) is 2.96. The van der Waals surface area contributed by atoms with Crippen LogP contribution in [0.15, 0.2) is 60.7 Å². The van der Waals surface area contributed by atoms with E-state index in [1.54, 1.807) is 24.3 Å². The summed E-state index contributed by atoms with van der Waals surface area (Å²) in [5, 5.41) is 2.67. The van der Waals surface area contributed by atoms with Crippen LogP contribution in [0.1, 0.15) is 15.9 Å². The zero-order valence-corrected chi connectivity index (χ0v) is 18.8. The zero-order chi connectivity index (χ0) is 23.8. The number of hydrogen-bond acceptors (Lipinski definition) is 7. The Kier molecular flexibility index (Phi) is 7.75. The molecule has 0 spiro atoms. The van der Waals surface area contributed by atoms with Gasteiger partial charge in [-0.25, -0.2) is 4.79 Å². The molecule has 1 amide bonds. The molecule has 0 unspecified atom stereocenters. The van der Waals surface area contributed by atoms with Gasteiger partial charge in [0.05, 0.1) is 26.9 Å². The summed E-state index contributed by atoms with van der Waals surface area (Å²) in [6.07, 6.45) is 0. The van der Waals surface area contributed by atoms with Crippen molar-refractivity contribution in [3.05, 3.63) is 71.8 Å². The number of nitrogens with one attached hydrogen (secondary N) is 1. The van der Waals surface area contributed by atoms with Crippen LogP contribution in [-0.4, -0.2) is 39.8 Å². The molecule has 0 fully saturated rings. The van der Waals surface area contributed by atoms with Crippen molar-refractivity contribution in [2.24, 2.45) is 0 Å². The number of benzene rings is 3. The minimum atomic E-state index is -0.703. The number of hydrogen-bond donors (Lipinski definition) is 1. The van der Waals surface area contributed by atoms with Gasteiger partial charge in [0.25, 0.3) is 5.91 Å². The fourth-order valence-corrected chi connectivity index (χ4v) is 2.96. The van der Waals surface area contributed by atoms with E-state index in [2.05, 4.69) is 5.32 Å². The van der Waals surface area contributed by atoms with Crippen molar-refractivity contribution in [2.45, 2.75) is 6.92 Å². The molecule has 0 aliphatic carbocycles. The first-order chi connectivity index (χ1) is 15.9. The second kappa shape index (κ2) is 10.9. The van der Waals surface area contributed by atoms with E-state index in [1.165, 1.54) is 33.5 Å². The van der Waals surface area contributed by atoms with E-state index in [1.807, 2.05) is 31.2 Å². The third kappa shape index (κ3) is 6.16. The molecule has 0 atom stereocenters. The molecular formula is C25H25NO7. The van der Waals surface area contributed by atoms with Crippen LogP contribution in [0, 0.1) is 6.92 Å². The molecule has 1 N–H and O–H groups in total. The highest BCUT2D eigenvalue weighted by Crippen LogP contribution is 2.38. The van der Waals surface area contributed by atoms with Gasteiger partial charge >= 0.3 is 5.97 Å². The average Bonchev–Trinajstić information content (AvgIpc) is 2.84. The summed E-state index contributed by atoms with van der Waals surface area (Å²) in [4.78, 5) is 24.6. The standard InChI is InChI=1S/C25H25NO7/c1-16-5-9-19(10-6-16)33-20-11-7-18(8-12-20)26-23(27)15-32-25(28)17-13-21(29-2)24(31-4)22(14-17)30-3/h5-14H,15H2,1-4H3,(H,26,27). The number of esters is 1. The molecule has 33 heavy (non-hydrogen) atoms. The first-order valence-electron chi connectivity index (χ1n) is 10.0. The number of ether oxygens (including phenoxy) is 5. The third-order valence-electron chi connectivity index (χ3n) is 4.63. The Morgan fingerprint density at radius 2 is 1.33 bits per heavy atom. The topological polar surface area (TPSA) is 92.3 Å². The summed E-state index contributed by atoms with van der Waals surface area (Å²) in [7, 11) is 4.35. The van der Waals surface area contributed by atoms with Gasteiger partial charge in [0.2, 0.25) is 5.75 Å². The maximum atomic E-state index is 12.4. The summed E-state index contributed by atoms with van der Waals surface area (Å²) in [5.74, 6) is 1.13. The first-order valence-corrected chi connectivity index (χ1v) is 10.0. The van der Waals surface area contributed by atoms with Crippen LogP contribution in [-0.2, 0) is 9.53 Å². The fraction of sp³-hybridized carbons (Fsp3) is 0.200.